The molecule has 0 spiro atoms. The van der Waals surface area contributed by atoms with Gasteiger partial charge in [0.25, 0.3) is 0 Å². The summed E-state index contributed by atoms with van der Waals surface area (Å²) in [6.45, 7) is 6.22. The van der Waals surface area contributed by atoms with Gasteiger partial charge < -0.3 is 24.6 Å². The predicted octanol–water partition coefficient (Wildman–Crippen LogP) is 6.65. The van der Waals surface area contributed by atoms with E-state index >= 15 is 0 Å². The minimum Gasteiger partial charge on any atom is -0.464 e. The van der Waals surface area contributed by atoms with Crippen molar-refractivity contribution >= 4 is 34.9 Å². The summed E-state index contributed by atoms with van der Waals surface area (Å²) in [7, 11) is 0. The van der Waals surface area contributed by atoms with E-state index in [0.29, 0.717) is 0 Å². The fraction of sp³-hybridized carbons (Fsp3) is 0.759. The van der Waals surface area contributed by atoms with Crippen LogP contribution in [0.4, 0.5) is 5.69 Å². The Morgan fingerprint density at radius 3 is 1.82 bits per heavy atom. The van der Waals surface area contributed by atoms with Gasteiger partial charge in [0, 0.05) is 17.6 Å². The number of carbonyl (C=O) groups is 3. The number of esters is 3. The lowest BCUT2D eigenvalue weighted by molar-refractivity contribution is -0.172. The number of anilines is 1. The summed E-state index contributed by atoms with van der Waals surface area (Å²) in [5.74, 6) is -2.88. The van der Waals surface area contributed by atoms with E-state index in [4.69, 9.17) is 14.2 Å². The second-order valence-corrected chi connectivity index (χ2v) is 10.4. The minimum atomic E-state index is -1.96. The maximum atomic E-state index is 12.6. The molecule has 2 unspecified atom stereocenters. The third-order valence-electron chi connectivity index (χ3n) is 6.23. The first-order chi connectivity index (χ1) is 18.4. The Labute approximate surface area is 232 Å². The largest absolute Gasteiger partial charge is 0.464 e. The molecule has 2 atom stereocenters. The van der Waals surface area contributed by atoms with Gasteiger partial charge in [0.15, 0.2) is 6.10 Å². The Morgan fingerprint density at radius 1 is 0.789 bits per heavy atom. The normalized spacial score (nSPS) is 12.5. The number of rotatable bonds is 23. The lowest BCUT2D eigenvalue weighted by Gasteiger charge is -2.19. The molecule has 0 aliphatic heterocycles. The van der Waals surface area contributed by atoms with Crippen molar-refractivity contribution in [2.75, 3.05) is 25.1 Å². The van der Waals surface area contributed by atoms with E-state index in [9.17, 15) is 19.5 Å². The maximum absolute atomic E-state index is 12.6. The first-order valence-corrected chi connectivity index (χ1v) is 15.4. The molecular formula is C29H49NO7S. The molecule has 38 heavy (non-hydrogen) atoms. The van der Waals surface area contributed by atoms with Crippen LogP contribution < -0.4 is 5.32 Å². The molecule has 8 nitrogen and oxygen atoms in total. The third-order valence-corrected chi connectivity index (χ3v) is 7.14. The molecule has 9 heteroatoms. The zero-order chi connectivity index (χ0) is 28.0. The van der Waals surface area contributed by atoms with Crippen molar-refractivity contribution in [2.24, 2.45) is 0 Å². The number of carbonyl (C=O) groups excluding carboxylic acids is 3. The molecule has 0 fully saturated rings. The molecule has 0 aromatic carbocycles. The second kappa shape index (κ2) is 21.8. The fourth-order valence-electron chi connectivity index (χ4n) is 4.08. The van der Waals surface area contributed by atoms with Crippen molar-refractivity contribution in [1.82, 2.24) is 0 Å². The molecule has 0 aliphatic carbocycles. The van der Waals surface area contributed by atoms with E-state index in [-0.39, 0.29) is 18.1 Å². The predicted molar refractivity (Wildman–Crippen MR) is 152 cm³/mol. The van der Waals surface area contributed by atoms with E-state index in [0.717, 1.165) is 36.4 Å². The monoisotopic (exact) mass is 555 g/mol. The summed E-state index contributed by atoms with van der Waals surface area (Å²) >= 11 is 1.16. The quantitative estimate of drug-likeness (QED) is 0.0877. The Bertz CT molecular complexity index is 783. The first kappa shape index (κ1) is 33.9. The van der Waals surface area contributed by atoms with Crippen molar-refractivity contribution in [3.05, 3.63) is 16.3 Å². The molecule has 0 saturated heterocycles. The smallest absolute Gasteiger partial charge is 0.350 e. The number of unbranched alkanes of at least 4 members (excludes halogenated alkanes) is 13. The SMILES string of the molecule is CCCCCCCCCCCCCCCCNc1csc(C(=O)OC(C(=O)OCC)C(O)C(=O)OCC)c1. The average Bonchev–Trinajstić information content (AvgIpc) is 3.38. The Balaban J connectivity index is 2.25. The molecule has 0 bridgehead atoms. The standard InChI is InChI=1S/C29H49NO7S/c1-4-7-8-9-10-11-12-13-14-15-16-17-18-19-20-30-23-21-24(38-22-23)27(32)37-26(29(34)36-6-3)25(31)28(33)35-5-2/h21-22,25-26,30-31H,4-20H2,1-3H3. The number of aliphatic hydroxyl groups is 1. The van der Waals surface area contributed by atoms with Gasteiger partial charge >= 0.3 is 17.9 Å². The molecule has 0 aliphatic rings. The van der Waals surface area contributed by atoms with Crippen LogP contribution in [0.15, 0.2) is 11.4 Å². The van der Waals surface area contributed by atoms with Crippen molar-refractivity contribution < 1.29 is 33.7 Å². The van der Waals surface area contributed by atoms with E-state index in [1.807, 2.05) is 0 Å². The van der Waals surface area contributed by atoms with Crippen LogP contribution in [0.5, 0.6) is 0 Å². The van der Waals surface area contributed by atoms with Gasteiger partial charge in [0.2, 0.25) is 6.10 Å². The number of aliphatic hydroxyl groups excluding tert-OH is 1. The van der Waals surface area contributed by atoms with Gasteiger partial charge in [-0.1, -0.05) is 90.4 Å². The van der Waals surface area contributed by atoms with E-state index < -0.39 is 30.1 Å². The third kappa shape index (κ3) is 14.7. The molecule has 2 N–H and O–H groups in total. The Kier molecular flexibility index (Phi) is 19.4. The second-order valence-electron chi connectivity index (χ2n) is 9.50. The lowest BCUT2D eigenvalue weighted by atomic mass is 10.0. The van der Waals surface area contributed by atoms with Crippen LogP contribution in [-0.2, 0) is 23.8 Å². The van der Waals surface area contributed by atoms with Crippen molar-refractivity contribution in [3.63, 3.8) is 0 Å². The molecular weight excluding hydrogens is 506 g/mol. The van der Waals surface area contributed by atoms with Crippen molar-refractivity contribution in [1.29, 1.82) is 0 Å². The summed E-state index contributed by atoms with van der Waals surface area (Å²) in [6.07, 6.45) is 14.6. The minimum absolute atomic E-state index is 0.00868. The first-order valence-electron chi connectivity index (χ1n) is 14.5. The molecule has 218 valence electrons. The van der Waals surface area contributed by atoms with Crippen LogP contribution >= 0.6 is 11.3 Å². The number of hydrogen-bond acceptors (Lipinski definition) is 9. The molecule has 1 heterocycles. The topological polar surface area (TPSA) is 111 Å². The molecule has 0 radical (unpaired) electrons. The van der Waals surface area contributed by atoms with Gasteiger partial charge in [-0.05, 0) is 26.3 Å². The molecule has 1 aromatic heterocycles. The number of thiophene rings is 1. The number of hydrogen-bond donors (Lipinski definition) is 2. The van der Waals surface area contributed by atoms with E-state index in [1.54, 1.807) is 25.3 Å². The molecule has 1 rings (SSSR count). The fourth-order valence-corrected chi connectivity index (χ4v) is 4.82. The van der Waals surface area contributed by atoms with Crippen LogP contribution in [0.2, 0.25) is 0 Å². The molecule has 1 aromatic rings. The van der Waals surface area contributed by atoms with Crippen LogP contribution in [-0.4, -0.2) is 55.0 Å². The zero-order valence-corrected chi connectivity index (χ0v) is 24.5. The zero-order valence-electron chi connectivity index (χ0n) is 23.6. The van der Waals surface area contributed by atoms with Gasteiger partial charge in [0.05, 0.1) is 13.2 Å². The van der Waals surface area contributed by atoms with Gasteiger partial charge in [-0.15, -0.1) is 11.3 Å². The van der Waals surface area contributed by atoms with Crippen LogP contribution in [0.3, 0.4) is 0 Å². The van der Waals surface area contributed by atoms with Gasteiger partial charge in [0.1, 0.15) is 4.88 Å². The van der Waals surface area contributed by atoms with E-state index in [1.165, 1.54) is 77.0 Å². The van der Waals surface area contributed by atoms with Crippen molar-refractivity contribution in [2.45, 2.75) is 123 Å². The van der Waals surface area contributed by atoms with Gasteiger partial charge in [-0.2, -0.15) is 0 Å². The molecule has 0 saturated carbocycles. The number of ether oxygens (including phenoxy) is 3. The summed E-state index contributed by atoms with van der Waals surface area (Å²) in [4.78, 5) is 36.8. The summed E-state index contributed by atoms with van der Waals surface area (Å²) in [6, 6.07) is 1.63. The highest BCUT2D eigenvalue weighted by Crippen LogP contribution is 2.22. The maximum Gasteiger partial charge on any atom is 0.350 e. The van der Waals surface area contributed by atoms with Gasteiger partial charge in [-0.25, -0.2) is 14.4 Å². The highest BCUT2D eigenvalue weighted by atomic mass is 32.1. The molecule has 0 amide bonds. The highest BCUT2D eigenvalue weighted by molar-refractivity contribution is 7.12. The lowest BCUT2D eigenvalue weighted by Crippen LogP contribution is -2.44. The average molecular weight is 556 g/mol. The highest BCUT2D eigenvalue weighted by Gasteiger charge is 2.38. The van der Waals surface area contributed by atoms with Crippen molar-refractivity contribution in [3.8, 4) is 0 Å². The van der Waals surface area contributed by atoms with Gasteiger partial charge in [-0.3, -0.25) is 0 Å². The summed E-state index contributed by atoms with van der Waals surface area (Å²) < 4.78 is 14.7. The summed E-state index contributed by atoms with van der Waals surface area (Å²) in [5, 5.41) is 15.2. The summed E-state index contributed by atoms with van der Waals surface area (Å²) in [5.41, 5.74) is 0.787. The Hall–Kier alpha value is -2.13. The van der Waals surface area contributed by atoms with Crippen LogP contribution in [0.25, 0.3) is 0 Å². The van der Waals surface area contributed by atoms with E-state index in [2.05, 4.69) is 12.2 Å². The Morgan fingerprint density at radius 2 is 1.29 bits per heavy atom. The van der Waals surface area contributed by atoms with Crippen LogP contribution in [0, 0.1) is 0 Å². The number of nitrogens with one attached hydrogen (secondary N) is 1. The van der Waals surface area contributed by atoms with Crippen LogP contribution in [0.1, 0.15) is 120 Å².